The van der Waals surface area contributed by atoms with E-state index in [2.05, 4.69) is 17.0 Å². The predicted octanol–water partition coefficient (Wildman–Crippen LogP) is 3.33. The topological polar surface area (TPSA) is 49.3 Å². The first-order chi connectivity index (χ1) is 13.2. The summed E-state index contributed by atoms with van der Waals surface area (Å²) in [4.78, 5) is 26.7. The Hall–Kier alpha value is -2.43. The van der Waals surface area contributed by atoms with E-state index in [4.69, 9.17) is 9.97 Å². The van der Waals surface area contributed by atoms with Gasteiger partial charge in [0.25, 0.3) is 0 Å². The molecule has 1 fully saturated rings. The van der Waals surface area contributed by atoms with Crippen molar-refractivity contribution in [3.05, 3.63) is 41.6 Å². The van der Waals surface area contributed by atoms with Gasteiger partial charge in [-0.1, -0.05) is 30.3 Å². The summed E-state index contributed by atoms with van der Waals surface area (Å²) in [5.74, 6) is 2.20. The molecule has 5 heteroatoms. The fourth-order valence-corrected chi connectivity index (χ4v) is 4.23. The number of nitrogens with zero attached hydrogens (tertiary/aromatic N) is 4. The Morgan fingerprint density at radius 2 is 2.00 bits per heavy atom. The lowest BCUT2D eigenvalue weighted by molar-refractivity contribution is -0.134. The second-order valence-corrected chi connectivity index (χ2v) is 7.65. The average Bonchev–Trinajstić information content (AvgIpc) is 3.21. The van der Waals surface area contributed by atoms with Crippen molar-refractivity contribution in [2.75, 3.05) is 31.6 Å². The number of benzene rings is 1. The summed E-state index contributed by atoms with van der Waals surface area (Å²) in [6, 6.07) is 10.2. The maximum atomic E-state index is 12.7. The van der Waals surface area contributed by atoms with Gasteiger partial charge in [0.2, 0.25) is 5.91 Å². The maximum absolute atomic E-state index is 12.7. The Labute approximate surface area is 161 Å². The SMILES string of the molecule is CCN(C)C(=O)[C@@H]1CCCN(c2nc(-c3ccccc3)nc3c2CCC3)C1. The Kier molecular flexibility index (Phi) is 5.10. The molecule has 27 heavy (non-hydrogen) atoms. The highest BCUT2D eigenvalue weighted by atomic mass is 16.2. The van der Waals surface area contributed by atoms with Gasteiger partial charge in [0.05, 0.1) is 5.92 Å². The Balaban J connectivity index is 1.66. The number of hydrogen-bond acceptors (Lipinski definition) is 4. The smallest absolute Gasteiger partial charge is 0.227 e. The minimum absolute atomic E-state index is 0.0656. The van der Waals surface area contributed by atoms with Gasteiger partial charge in [-0.15, -0.1) is 0 Å². The van der Waals surface area contributed by atoms with Crippen LogP contribution in [0.25, 0.3) is 11.4 Å². The zero-order chi connectivity index (χ0) is 18.8. The van der Waals surface area contributed by atoms with Gasteiger partial charge < -0.3 is 9.80 Å². The van der Waals surface area contributed by atoms with E-state index in [9.17, 15) is 4.79 Å². The lowest BCUT2D eigenvalue weighted by Gasteiger charge is -2.35. The number of rotatable bonds is 4. The van der Waals surface area contributed by atoms with Crippen molar-refractivity contribution in [2.24, 2.45) is 5.92 Å². The molecule has 1 aliphatic heterocycles. The normalized spacial score (nSPS) is 19.0. The number of fused-ring (bicyclic) bond motifs is 1. The van der Waals surface area contributed by atoms with Crippen LogP contribution >= 0.6 is 0 Å². The molecule has 0 N–H and O–H groups in total. The van der Waals surface area contributed by atoms with Crippen LogP contribution in [-0.4, -0.2) is 47.5 Å². The molecule has 1 saturated heterocycles. The van der Waals surface area contributed by atoms with E-state index < -0.39 is 0 Å². The lowest BCUT2D eigenvalue weighted by Crippen LogP contribution is -2.44. The predicted molar refractivity (Wildman–Crippen MR) is 108 cm³/mol. The van der Waals surface area contributed by atoms with Gasteiger partial charge >= 0.3 is 0 Å². The van der Waals surface area contributed by atoms with Crippen LogP contribution in [0.4, 0.5) is 5.82 Å². The molecule has 2 heterocycles. The van der Waals surface area contributed by atoms with Gasteiger partial charge in [-0.05, 0) is 39.0 Å². The molecule has 0 saturated carbocycles. The quantitative estimate of drug-likeness (QED) is 0.835. The molecule has 2 aromatic rings. The van der Waals surface area contributed by atoms with Crippen LogP contribution in [0.5, 0.6) is 0 Å². The number of aryl methyl sites for hydroxylation is 1. The fourth-order valence-electron chi connectivity index (χ4n) is 4.23. The zero-order valence-electron chi connectivity index (χ0n) is 16.3. The van der Waals surface area contributed by atoms with E-state index >= 15 is 0 Å². The van der Waals surface area contributed by atoms with E-state index in [1.165, 1.54) is 11.3 Å². The van der Waals surface area contributed by atoms with Crippen LogP contribution in [-0.2, 0) is 17.6 Å². The summed E-state index contributed by atoms with van der Waals surface area (Å²) < 4.78 is 0. The zero-order valence-corrected chi connectivity index (χ0v) is 16.3. The van der Waals surface area contributed by atoms with Gasteiger partial charge in [-0.25, -0.2) is 9.97 Å². The molecule has 1 amide bonds. The second-order valence-electron chi connectivity index (χ2n) is 7.65. The van der Waals surface area contributed by atoms with Crippen molar-refractivity contribution in [2.45, 2.75) is 39.0 Å². The molecule has 1 aliphatic carbocycles. The number of anilines is 1. The van der Waals surface area contributed by atoms with Gasteiger partial charge in [0, 0.05) is 43.5 Å². The van der Waals surface area contributed by atoms with Crippen molar-refractivity contribution in [3.8, 4) is 11.4 Å². The summed E-state index contributed by atoms with van der Waals surface area (Å²) >= 11 is 0. The minimum Gasteiger partial charge on any atom is -0.355 e. The van der Waals surface area contributed by atoms with E-state index in [0.717, 1.165) is 68.9 Å². The first-order valence-corrected chi connectivity index (χ1v) is 10.1. The molecule has 1 atom stereocenters. The van der Waals surface area contributed by atoms with Gasteiger partial charge in [-0.2, -0.15) is 0 Å². The minimum atomic E-state index is 0.0656. The highest BCUT2D eigenvalue weighted by Crippen LogP contribution is 2.33. The molecular weight excluding hydrogens is 336 g/mol. The van der Waals surface area contributed by atoms with E-state index in [1.807, 2.05) is 37.1 Å². The standard InChI is InChI=1S/C22H28N4O/c1-3-25(2)22(27)17-11-8-14-26(15-17)21-18-12-7-13-19(18)23-20(24-21)16-9-5-4-6-10-16/h4-6,9-10,17H,3,7-8,11-15H2,1-2H3/t17-/m1/s1. The average molecular weight is 364 g/mol. The number of aromatic nitrogens is 2. The van der Waals surface area contributed by atoms with Gasteiger partial charge in [-0.3, -0.25) is 4.79 Å². The summed E-state index contributed by atoms with van der Waals surface area (Å²) in [7, 11) is 1.90. The first-order valence-electron chi connectivity index (χ1n) is 10.1. The highest BCUT2D eigenvalue weighted by molar-refractivity contribution is 5.79. The van der Waals surface area contributed by atoms with Gasteiger partial charge in [0.15, 0.2) is 5.82 Å². The third-order valence-electron chi connectivity index (χ3n) is 5.86. The summed E-state index contributed by atoms with van der Waals surface area (Å²) in [5.41, 5.74) is 3.55. The maximum Gasteiger partial charge on any atom is 0.227 e. The van der Waals surface area contributed by atoms with Crippen LogP contribution in [0.1, 0.15) is 37.4 Å². The third-order valence-corrected chi connectivity index (χ3v) is 5.86. The van der Waals surface area contributed by atoms with Crippen molar-refractivity contribution in [1.29, 1.82) is 0 Å². The third kappa shape index (κ3) is 3.55. The second kappa shape index (κ2) is 7.67. The molecule has 4 rings (SSSR count). The van der Waals surface area contributed by atoms with Gasteiger partial charge in [0.1, 0.15) is 5.82 Å². The molecule has 0 radical (unpaired) electrons. The molecule has 1 aromatic carbocycles. The number of carbonyl (C=O) groups is 1. The number of amides is 1. The molecule has 5 nitrogen and oxygen atoms in total. The van der Waals surface area contributed by atoms with Crippen molar-refractivity contribution in [3.63, 3.8) is 0 Å². The van der Waals surface area contributed by atoms with Crippen molar-refractivity contribution < 1.29 is 4.79 Å². The summed E-state index contributed by atoms with van der Waals surface area (Å²) in [6.45, 7) is 4.52. The van der Waals surface area contributed by atoms with Crippen LogP contribution in [0.3, 0.4) is 0 Å². The van der Waals surface area contributed by atoms with Crippen LogP contribution in [0, 0.1) is 5.92 Å². The molecule has 0 spiro atoms. The Morgan fingerprint density at radius 1 is 1.19 bits per heavy atom. The Bertz CT molecular complexity index is 821. The number of hydrogen-bond donors (Lipinski definition) is 0. The first kappa shape index (κ1) is 18.0. The number of carbonyl (C=O) groups excluding carboxylic acids is 1. The van der Waals surface area contributed by atoms with E-state index in [0.29, 0.717) is 0 Å². The Morgan fingerprint density at radius 3 is 2.78 bits per heavy atom. The molecule has 0 bridgehead atoms. The largest absolute Gasteiger partial charge is 0.355 e. The number of piperidine rings is 1. The molecule has 0 unspecified atom stereocenters. The van der Waals surface area contributed by atoms with Crippen LogP contribution < -0.4 is 4.90 Å². The summed E-state index contributed by atoms with van der Waals surface area (Å²) in [5, 5.41) is 0. The fraction of sp³-hybridized carbons (Fsp3) is 0.500. The van der Waals surface area contributed by atoms with E-state index in [1.54, 1.807) is 0 Å². The molecule has 142 valence electrons. The lowest BCUT2D eigenvalue weighted by atomic mass is 9.96. The molecular formula is C22H28N4O. The van der Waals surface area contributed by atoms with Crippen molar-refractivity contribution in [1.82, 2.24) is 14.9 Å². The van der Waals surface area contributed by atoms with E-state index in [-0.39, 0.29) is 11.8 Å². The monoisotopic (exact) mass is 364 g/mol. The van der Waals surface area contributed by atoms with Crippen LogP contribution in [0.15, 0.2) is 30.3 Å². The summed E-state index contributed by atoms with van der Waals surface area (Å²) in [6.07, 6.45) is 5.22. The van der Waals surface area contributed by atoms with Crippen LogP contribution in [0.2, 0.25) is 0 Å². The highest BCUT2D eigenvalue weighted by Gasteiger charge is 2.31. The molecule has 2 aliphatic rings. The van der Waals surface area contributed by atoms with Crippen molar-refractivity contribution >= 4 is 11.7 Å². The molecule has 1 aromatic heterocycles.